The van der Waals surface area contributed by atoms with E-state index in [1.54, 1.807) is 25.1 Å². The second kappa shape index (κ2) is 12.3. The summed E-state index contributed by atoms with van der Waals surface area (Å²) in [5.41, 5.74) is 0.272. The SMILES string of the molecule is CCCC1CCC(C2CCC(/C=C/C3CCC(c4ccc(OCC)c(F)c4F)CO3)C(F)(F)C2)OC1. The third kappa shape index (κ3) is 6.45. The molecule has 2 heterocycles. The van der Waals surface area contributed by atoms with Crippen molar-refractivity contribution < 1.29 is 31.8 Å². The molecule has 202 valence electrons. The lowest BCUT2D eigenvalue weighted by Gasteiger charge is -2.40. The molecule has 36 heavy (non-hydrogen) atoms. The van der Waals surface area contributed by atoms with Gasteiger partial charge in [0.25, 0.3) is 5.92 Å². The van der Waals surface area contributed by atoms with Gasteiger partial charge in [-0.3, -0.25) is 0 Å². The summed E-state index contributed by atoms with van der Waals surface area (Å²) in [5.74, 6) is -5.31. The molecule has 3 aliphatic rings. The highest BCUT2D eigenvalue weighted by molar-refractivity contribution is 5.33. The summed E-state index contributed by atoms with van der Waals surface area (Å²) >= 11 is 0. The molecule has 0 aromatic heterocycles. The van der Waals surface area contributed by atoms with Gasteiger partial charge >= 0.3 is 0 Å². The zero-order chi connectivity index (χ0) is 25.7. The van der Waals surface area contributed by atoms with E-state index in [1.807, 2.05) is 0 Å². The lowest BCUT2D eigenvalue weighted by atomic mass is 9.74. The molecule has 2 aliphatic heterocycles. The third-order valence-electron chi connectivity index (χ3n) is 8.24. The van der Waals surface area contributed by atoms with E-state index in [2.05, 4.69) is 6.92 Å². The van der Waals surface area contributed by atoms with Gasteiger partial charge in [0.05, 0.1) is 25.4 Å². The first kappa shape index (κ1) is 27.4. The first-order valence-corrected chi connectivity index (χ1v) is 13.7. The van der Waals surface area contributed by atoms with Crippen molar-refractivity contribution >= 4 is 0 Å². The van der Waals surface area contributed by atoms with Crippen molar-refractivity contribution in [2.24, 2.45) is 17.8 Å². The molecular formula is C29H40F4O3. The predicted octanol–water partition coefficient (Wildman–Crippen LogP) is 7.83. The Hall–Kier alpha value is -1.60. The number of benzene rings is 1. The molecule has 0 radical (unpaired) electrons. The highest BCUT2D eigenvalue weighted by Gasteiger charge is 2.46. The minimum Gasteiger partial charge on any atom is -0.491 e. The van der Waals surface area contributed by atoms with Gasteiger partial charge in [-0.2, -0.15) is 4.39 Å². The molecule has 1 saturated carbocycles. The van der Waals surface area contributed by atoms with Crippen LogP contribution in [0.5, 0.6) is 5.75 Å². The largest absolute Gasteiger partial charge is 0.491 e. The Morgan fingerprint density at radius 1 is 0.944 bits per heavy atom. The lowest BCUT2D eigenvalue weighted by molar-refractivity contribution is -0.127. The number of hydrogen-bond donors (Lipinski definition) is 0. The van der Waals surface area contributed by atoms with Crippen LogP contribution in [0.15, 0.2) is 24.3 Å². The molecule has 6 atom stereocenters. The second-order valence-corrected chi connectivity index (χ2v) is 10.8. The number of ether oxygens (including phenoxy) is 3. The number of hydrogen-bond acceptors (Lipinski definition) is 3. The van der Waals surface area contributed by atoms with E-state index in [1.165, 1.54) is 6.07 Å². The molecule has 6 unspecified atom stereocenters. The average Bonchev–Trinajstić information content (AvgIpc) is 2.87. The molecule has 1 aliphatic carbocycles. The van der Waals surface area contributed by atoms with E-state index in [9.17, 15) is 8.78 Å². The third-order valence-corrected chi connectivity index (χ3v) is 8.24. The maximum absolute atomic E-state index is 15.0. The van der Waals surface area contributed by atoms with E-state index in [4.69, 9.17) is 14.2 Å². The molecule has 3 fully saturated rings. The minimum absolute atomic E-state index is 0.0413. The second-order valence-electron chi connectivity index (χ2n) is 10.8. The normalized spacial score (nSPS) is 33.1. The average molecular weight is 513 g/mol. The topological polar surface area (TPSA) is 27.7 Å². The van der Waals surface area contributed by atoms with Crippen LogP contribution < -0.4 is 4.74 Å². The zero-order valence-corrected chi connectivity index (χ0v) is 21.5. The molecule has 0 amide bonds. The van der Waals surface area contributed by atoms with Crippen LogP contribution in [-0.4, -0.2) is 38.0 Å². The fraction of sp³-hybridized carbons (Fsp3) is 0.724. The molecular weight excluding hydrogens is 472 g/mol. The van der Waals surface area contributed by atoms with Crippen molar-refractivity contribution in [3.63, 3.8) is 0 Å². The smallest absolute Gasteiger partial charge is 0.254 e. The Kier molecular flexibility index (Phi) is 9.37. The van der Waals surface area contributed by atoms with Crippen LogP contribution in [0.3, 0.4) is 0 Å². The van der Waals surface area contributed by atoms with Crippen molar-refractivity contribution in [1.82, 2.24) is 0 Å². The van der Waals surface area contributed by atoms with Gasteiger partial charge in [0, 0.05) is 24.9 Å². The number of rotatable bonds is 8. The Balaban J connectivity index is 1.27. The van der Waals surface area contributed by atoms with Gasteiger partial charge in [-0.1, -0.05) is 31.6 Å². The van der Waals surface area contributed by atoms with Gasteiger partial charge in [0.15, 0.2) is 11.6 Å². The Labute approximate surface area is 212 Å². The van der Waals surface area contributed by atoms with Crippen LogP contribution in [0.2, 0.25) is 0 Å². The summed E-state index contributed by atoms with van der Waals surface area (Å²) in [7, 11) is 0. The van der Waals surface area contributed by atoms with Gasteiger partial charge in [0.2, 0.25) is 5.82 Å². The summed E-state index contributed by atoms with van der Waals surface area (Å²) < 4.78 is 75.9. The van der Waals surface area contributed by atoms with Crippen molar-refractivity contribution in [2.75, 3.05) is 19.8 Å². The molecule has 1 aromatic carbocycles. The predicted molar refractivity (Wildman–Crippen MR) is 132 cm³/mol. The van der Waals surface area contributed by atoms with Crippen molar-refractivity contribution in [3.05, 3.63) is 41.5 Å². The minimum atomic E-state index is -2.76. The summed E-state index contributed by atoms with van der Waals surface area (Å²) in [5, 5.41) is 0. The van der Waals surface area contributed by atoms with Crippen molar-refractivity contribution in [3.8, 4) is 5.75 Å². The van der Waals surface area contributed by atoms with Crippen molar-refractivity contribution in [2.45, 2.75) is 95.7 Å². The van der Waals surface area contributed by atoms with E-state index in [-0.39, 0.29) is 55.0 Å². The van der Waals surface area contributed by atoms with E-state index < -0.39 is 23.5 Å². The fourth-order valence-electron chi connectivity index (χ4n) is 6.15. The van der Waals surface area contributed by atoms with Crippen LogP contribution in [-0.2, 0) is 9.47 Å². The number of alkyl halides is 2. The molecule has 0 N–H and O–H groups in total. The summed E-state index contributed by atoms with van der Waals surface area (Å²) in [6, 6.07) is 3.00. The van der Waals surface area contributed by atoms with Crippen LogP contribution in [0.25, 0.3) is 0 Å². The molecule has 4 rings (SSSR count). The Morgan fingerprint density at radius 2 is 1.78 bits per heavy atom. The Bertz CT molecular complexity index is 874. The highest BCUT2D eigenvalue weighted by Crippen LogP contribution is 2.45. The Morgan fingerprint density at radius 3 is 2.42 bits per heavy atom. The quantitative estimate of drug-likeness (QED) is 0.262. The summed E-state index contributed by atoms with van der Waals surface area (Å²) in [6.07, 6.45) is 9.54. The van der Waals surface area contributed by atoms with Gasteiger partial charge < -0.3 is 14.2 Å². The highest BCUT2D eigenvalue weighted by atomic mass is 19.3. The zero-order valence-electron chi connectivity index (χ0n) is 21.5. The van der Waals surface area contributed by atoms with Crippen LogP contribution in [0, 0.1) is 29.4 Å². The van der Waals surface area contributed by atoms with Crippen LogP contribution in [0.4, 0.5) is 17.6 Å². The van der Waals surface area contributed by atoms with Gasteiger partial charge in [-0.05, 0) is 75.3 Å². The molecule has 2 saturated heterocycles. The molecule has 7 heteroatoms. The van der Waals surface area contributed by atoms with Gasteiger partial charge in [-0.25, -0.2) is 13.2 Å². The van der Waals surface area contributed by atoms with Crippen molar-refractivity contribution in [1.29, 1.82) is 0 Å². The fourth-order valence-corrected chi connectivity index (χ4v) is 6.15. The molecule has 1 aromatic rings. The molecule has 0 spiro atoms. The summed E-state index contributed by atoms with van der Waals surface area (Å²) in [4.78, 5) is 0. The first-order valence-electron chi connectivity index (χ1n) is 13.7. The maximum Gasteiger partial charge on any atom is 0.254 e. The monoisotopic (exact) mass is 512 g/mol. The van der Waals surface area contributed by atoms with E-state index in [0.717, 1.165) is 32.1 Å². The maximum atomic E-state index is 15.0. The number of halogens is 4. The van der Waals surface area contributed by atoms with Gasteiger partial charge in [-0.15, -0.1) is 0 Å². The molecule has 0 bridgehead atoms. The van der Waals surface area contributed by atoms with Crippen LogP contribution >= 0.6 is 0 Å². The van der Waals surface area contributed by atoms with Crippen LogP contribution in [0.1, 0.15) is 83.1 Å². The van der Waals surface area contributed by atoms with Gasteiger partial charge in [0.1, 0.15) is 0 Å². The molecule has 3 nitrogen and oxygen atoms in total. The first-order chi connectivity index (χ1) is 17.3. The standard InChI is InChI=1S/C29H40F4O3/c1-3-5-19-6-14-25(36-17-19)20-7-9-22(29(32,33)16-20)10-12-23-11-8-21(18-35-23)24-13-15-26(34-4-2)28(31)27(24)30/h10,12-13,15,19-23,25H,3-9,11,14,16-18H2,1-2H3/b12-10+. The van der Waals surface area contributed by atoms with E-state index in [0.29, 0.717) is 31.8 Å². The lowest BCUT2D eigenvalue weighted by Crippen LogP contribution is -2.41. The van der Waals surface area contributed by atoms with E-state index >= 15 is 8.78 Å². The number of allylic oxidation sites excluding steroid dienone is 1. The summed E-state index contributed by atoms with van der Waals surface area (Å²) in [6.45, 7) is 5.06.